The van der Waals surface area contributed by atoms with Crippen LogP contribution in [0.2, 0.25) is 0 Å². The van der Waals surface area contributed by atoms with Gasteiger partial charge in [0.25, 0.3) is 17.7 Å². The van der Waals surface area contributed by atoms with Crippen LogP contribution in [0.15, 0.2) is 78.9 Å². The van der Waals surface area contributed by atoms with E-state index >= 15 is 0 Å². The third-order valence-electron chi connectivity index (χ3n) is 4.56. The fourth-order valence-corrected chi connectivity index (χ4v) is 2.81. The van der Waals surface area contributed by atoms with Crippen molar-refractivity contribution in [1.82, 2.24) is 10.6 Å². The molecule has 0 aromatic heterocycles. The predicted octanol–water partition coefficient (Wildman–Crippen LogP) is 3.17. The van der Waals surface area contributed by atoms with Crippen molar-refractivity contribution in [3.8, 4) is 5.75 Å². The molecule has 7 heteroatoms. The molecule has 7 nitrogen and oxygen atoms in total. The summed E-state index contributed by atoms with van der Waals surface area (Å²) in [5, 5.41) is 8.22. The summed E-state index contributed by atoms with van der Waals surface area (Å²) in [6, 6.07) is 22.9. The van der Waals surface area contributed by atoms with Gasteiger partial charge in [0.15, 0.2) is 6.61 Å². The van der Waals surface area contributed by atoms with Crippen LogP contribution in [0.3, 0.4) is 0 Å². The molecule has 0 bridgehead atoms. The molecule has 0 heterocycles. The number of aryl methyl sites for hydroxylation is 1. The van der Waals surface area contributed by atoms with Crippen LogP contribution in [0, 0.1) is 6.92 Å². The fraction of sp³-hybridized carbons (Fsp3) is 0.160. The van der Waals surface area contributed by atoms with E-state index in [9.17, 15) is 14.4 Å². The second-order valence-corrected chi connectivity index (χ2v) is 7.11. The molecule has 32 heavy (non-hydrogen) atoms. The minimum atomic E-state index is -0.267. The highest BCUT2D eigenvalue weighted by Crippen LogP contribution is 2.12. The van der Waals surface area contributed by atoms with E-state index in [4.69, 9.17) is 4.74 Å². The molecule has 0 saturated carbocycles. The fourth-order valence-electron chi connectivity index (χ4n) is 2.81. The number of carbonyl (C=O) groups is 3. The number of hydrogen-bond acceptors (Lipinski definition) is 4. The molecule has 0 saturated heterocycles. The van der Waals surface area contributed by atoms with Crippen molar-refractivity contribution in [2.75, 3.05) is 25.0 Å². The Kier molecular flexibility index (Phi) is 7.97. The maximum atomic E-state index is 12.3. The number of ether oxygens (including phenoxy) is 1. The zero-order valence-corrected chi connectivity index (χ0v) is 17.8. The van der Waals surface area contributed by atoms with E-state index in [0.29, 0.717) is 22.6 Å². The van der Waals surface area contributed by atoms with Gasteiger partial charge in [-0.15, -0.1) is 0 Å². The van der Waals surface area contributed by atoms with E-state index in [1.165, 1.54) is 0 Å². The largest absolute Gasteiger partial charge is 0.484 e. The van der Waals surface area contributed by atoms with Crippen LogP contribution in [0.5, 0.6) is 5.75 Å². The molecule has 0 atom stereocenters. The lowest BCUT2D eigenvalue weighted by Gasteiger charge is -2.09. The minimum Gasteiger partial charge on any atom is -0.484 e. The molecule has 164 valence electrons. The summed E-state index contributed by atoms with van der Waals surface area (Å²) in [5.74, 6) is -0.128. The third kappa shape index (κ3) is 6.98. The lowest BCUT2D eigenvalue weighted by Crippen LogP contribution is -2.36. The zero-order chi connectivity index (χ0) is 22.8. The molecule has 3 rings (SSSR count). The number of benzene rings is 3. The minimum absolute atomic E-state index is 0.0896. The first kappa shape index (κ1) is 22.6. The highest BCUT2D eigenvalue weighted by molar-refractivity contribution is 6.04. The van der Waals surface area contributed by atoms with Crippen molar-refractivity contribution in [1.29, 1.82) is 0 Å². The lowest BCUT2D eigenvalue weighted by atomic mass is 10.1. The predicted molar refractivity (Wildman–Crippen MR) is 123 cm³/mol. The third-order valence-corrected chi connectivity index (χ3v) is 4.56. The molecule has 0 aliphatic carbocycles. The van der Waals surface area contributed by atoms with Crippen LogP contribution in [-0.4, -0.2) is 37.4 Å². The normalized spacial score (nSPS) is 10.2. The number of nitrogens with one attached hydrogen (secondary N) is 3. The molecular weight excluding hydrogens is 406 g/mol. The van der Waals surface area contributed by atoms with Gasteiger partial charge in [-0.05, 0) is 55.5 Å². The molecule has 0 radical (unpaired) electrons. The Labute approximate surface area is 186 Å². The summed E-state index contributed by atoms with van der Waals surface area (Å²) < 4.78 is 5.36. The van der Waals surface area contributed by atoms with Crippen molar-refractivity contribution in [2.45, 2.75) is 6.92 Å². The number of rotatable bonds is 9. The van der Waals surface area contributed by atoms with E-state index in [1.807, 2.05) is 37.3 Å². The summed E-state index contributed by atoms with van der Waals surface area (Å²) in [4.78, 5) is 36.3. The van der Waals surface area contributed by atoms with Crippen LogP contribution in [0.1, 0.15) is 26.3 Å². The van der Waals surface area contributed by atoms with Crippen LogP contribution >= 0.6 is 0 Å². The Morgan fingerprint density at radius 3 is 2.00 bits per heavy atom. The molecule has 3 aromatic carbocycles. The first-order valence-corrected chi connectivity index (χ1v) is 10.2. The number of carbonyl (C=O) groups excluding carboxylic acids is 3. The van der Waals surface area contributed by atoms with Gasteiger partial charge >= 0.3 is 0 Å². The Morgan fingerprint density at radius 2 is 1.31 bits per heavy atom. The average Bonchev–Trinajstić information content (AvgIpc) is 2.82. The van der Waals surface area contributed by atoms with Gasteiger partial charge in [0.1, 0.15) is 5.75 Å². The van der Waals surface area contributed by atoms with E-state index in [0.717, 1.165) is 5.56 Å². The number of anilines is 1. The lowest BCUT2D eigenvalue weighted by molar-refractivity contribution is -0.123. The van der Waals surface area contributed by atoms with Gasteiger partial charge in [0.05, 0.1) is 0 Å². The van der Waals surface area contributed by atoms with Crippen molar-refractivity contribution in [3.05, 3.63) is 95.6 Å². The van der Waals surface area contributed by atoms with E-state index in [-0.39, 0.29) is 37.4 Å². The van der Waals surface area contributed by atoms with Gasteiger partial charge in [-0.3, -0.25) is 14.4 Å². The molecule has 0 unspecified atom stereocenters. The molecule has 0 spiro atoms. The monoisotopic (exact) mass is 431 g/mol. The zero-order valence-electron chi connectivity index (χ0n) is 17.8. The molecule has 0 fully saturated rings. The molecule has 3 amide bonds. The SMILES string of the molecule is Cc1ccc(C(=O)Nc2ccc(C(=O)NCCNC(=O)COc3ccccc3)cc2)cc1. The second kappa shape index (κ2) is 11.3. The molecule has 3 aromatic rings. The first-order valence-electron chi connectivity index (χ1n) is 10.2. The topological polar surface area (TPSA) is 96.5 Å². The summed E-state index contributed by atoms with van der Waals surface area (Å²) >= 11 is 0. The van der Waals surface area contributed by atoms with Gasteiger partial charge < -0.3 is 20.7 Å². The first-order chi connectivity index (χ1) is 15.5. The Balaban J connectivity index is 1.37. The van der Waals surface area contributed by atoms with Crippen LogP contribution < -0.4 is 20.7 Å². The summed E-state index contributed by atoms with van der Waals surface area (Å²) in [6.07, 6.45) is 0. The van der Waals surface area contributed by atoms with Gasteiger partial charge in [0, 0.05) is 29.9 Å². The van der Waals surface area contributed by atoms with Crippen LogP contribution in [-0.2, 0) is 4.79 Å². The summed E-state index contributed by atoms with van der Waals surface area (Å²) in [6.45, 7) is 2.43. The molecule has 3 N–H and O–H groups in total. The van der Waals surface area contributed by atoms with E-state index < -0.39 is 0 Å². The quantitative estimate of drug-likeness (QED) is 0.454. The molecule has 0 aliphatic heterocycles. The van der Waals surface area contributed by atoms with Gasteiger partial charge in [-0.2, -0.15) is 0 Å². The Bertz CT molecular complexity index is 1050. The standard InChI is InChI=1S/C25H25N3O4/c1-18-7-9-20(10-8-18)25(31)28-21-13-11-19(12-14-21)24(30)27-16-15-26-23(29)17-32-22-5-3-2-4-6-22/h2-14H,15-17H2,1H3,(H,26,29)(H,27,30)(H,28,31). The maximum Gasteiger partial charge on any atom is 0.258 e. The summed E-state index contributed by atoms with van der Waals surface area (Å²) in [5.41, 5.74) is 2.69. The van der Waals surface area contributed by atoms with Crippen LogP contribution in [0.25, 0.3) is 0 Å². The van der Waals surface area contributed by atoms with Gasteiger partial charge in [0.2, 0.25) is 0 Å². The molecule has 0 aliphatic rings. The van der Waals surface area contributed by atoms with Crippen molar-refractivity contribution in [2.24, 2.45) is 0 Å². The summed E-state index contributed by atoms with van der Waals surface area (Å²) in [7, 11) is 0. The van der Waals surface area contributed by atoms with Gasteiger partial charge in [-0.25, -0.2) is 0 Å². The Hall–Kier alpha value is -4.13. The average molecular weight is 431 g/mol. The molecular formula is C25H25N3O4. The number of hydrogen-bond donors (Lipinski definition) is 3. The van der Waals surface area contributed by atoms with Crippen LogP contribution in [0.4, 0.5) is 5.69 Å². The Morgan fingerprint density at radius 1 is 0.719 bits per heavy atom. The van der Waals surface area contributed by atoms with Gasteiger partial charge in [-0.1, -0.05) is 35.9 Å². The van der Waals surface area contributed by atoms with Crippen molar-refractivity contribution in [3.63, 3.8) is 0 Å². The smallest absolute Gasteiger partial charge is 0.258 e. The maximum absolute atomic E-state index is 12.3. The highest BCUT2D eigenvalue weighted by Gasteiger charge is 2.08. The van der Waals surface area contributed by atoms with Crippen molar-refractivity contribution >= 4 is 23.4 Å². The van der Waals surface area contributed by atoms with Crippen molar-refractivity contribution < 1.29 is 19.1 Å². The highest BCUT2D eigenvalue weighted by atomic mass is 16.5. The number of amides is 3. The van der Waals surface area contributed by atoms with E-state index in [1.54, 1.807) is 48.5 Å². The van der Waals surface area contributed by atoms with E-state index in [2.05, 4.69) is 16.0 Å². The number of para-hydroxylation sites is 1. The second-order valence-electron chi connectivity index (χ2n) is 7.11.